The molecule has 19 heavy (non-hydrogen) atoms. The van der Waals surface area contributed by atoms with E-state index in [4.69, 9.17) is 9.84 Å². The van der Waals surface area contributed by atoms with Crippen LogP contribution < -0.4 is 0 Å². The third-order valence-electron chi connectivity index (χ3n) is 2.54. The van der Waals surface area contributed by atoms with Crippen LogP contribution in [-0.4, -0.2) is 29.4 Å². The summed E-state index contributed by atoms with van der Waals surface area (Å²) in [6.45, 7) is 3.57. The number of aliphatic carboxylic acids is 1. The molecule has 0 amide bonds. The number of nitrogens with zero attached hydrogens (tertiary/aromatic N) is 1. The lowest BCUT2D eigenvalue weighted by Crippen LogP contribution is -2.29. The molecule has 1 rings (SSSR count). The van der Waals surface area contributed by atoms with Gasteiger partial charge in [-0.2, -0.15) is 0 Å². The maximum absolute atomic E-state index is 11.7. The number of hydrogen-bond acceptors (Lipinski definition) is 4. The average molecular weight is 263 g/mol. The quantitative estimate of drug-likeness (QED) is 0.486. The first-order valence-electron chi connectivity index (χ1n) is 6.07. The Balaban J connectivity index is 2.76. The van der Waals surface area contributed by atoms with Gasteiger partial charge in [0.05, 0.1) is 11.8 Å². The molecule has 1 aromatic carbocycles. The average Bonchev–Trinajstić information content (AvgIpc) is 2.39. The van der Waals surface area contributed by atoms with Crippen molar-refractivity contribution in [3.8, 4) is 0 Å². The zero-order valence-corrected chi connectivity index (χ0v) is 10.9. The monoisotopic (exact) mass is 263 g/mol. The molecule has 5 heteroatoms. The number of benzene rings is 1. The van der Waals surface area contributed by atoms with Crippen LogP contribution in [0.3, 0.4) is 0 Å². The molecule has 5 nitrogen and oxygen atoms in total. The van der Waals surface area contributed by atoms with Crippen LogP contribution in [0.1, 0.15) is 20.3 Å². The molecule has 0 spiro atoms. The summed E-state index contributed by atoms with van der Waals surface area (Å²) in [6, 6.07) is 8.82. The fourth-order valence-corrected chi connectivity index (χ4v) is 1.26. The van der Waals surface area contributed by atoms with Gasteiger partial charge in [-0.15, -0.1) is 0 Å². The van der Waals surface area contributed by atoms with E-state index in [-0.39, 0.29) is 6.10 Å². The number of carboxylic acid groups (broad SMARTS) is 1. The normalized spacial score (nSPS) is 14.0. The van der Waals surface area contributed by atoms with Gasteiger partial charge in [-0.1, -0.05) is 25.1 Å². The number of esters is 1. The lowest BCUT2D eigenvalue weighted by molar-refractivity contribution is -0.158. The second-order valence-electron chi connectivity index (χ2n) is 4.09. The van der Waals surface area contributed by atoms with Gasteiger partial charge in [-0.05, 0) is 25.5 Å². The summed E-state index contributed by atoms with van der Waals surface area (Å²) in [7, 11) is 0. The topological polar surface area (TPSA) is 76.0 Å². The Kier molecular flexibility index (Phi) is 5.73. The highest BCUT2D eigenvalue weighted by molar-refractivity contribution is 6.08. The predicted molar refractivity (Wildman–Crippen MR) is 71.6 cm³/mol. The summed E-state index contributed by atoms with van der Waals surface area (Å²) in [5, 5.41) is 9.02. The van der Waals surface area contributed by atoms with Crippen molar-refractivity contribution in [2.24, 2.45) is 10.9 Å². The Morgan fingerprint density at radius 3 is 2.53 bits per heavy atom. The highest BCUT2D eigenvalue weighted by atomic mass is 16.5. The summed E-state index contributed by atoms with van der Waals surface area (Å²) < 4.78 is 5.00. The molecule has 0 aliphatic carbocycles. The van der Waals surface area contributed by atoms with E-state index >= 15 is 0 Å². The highest BCUT2D eigenvalue weighted by Crippen LogP contribution is 2.11. The fourth-order valence-electron chi connectivity index (χ4n) is 1.26. The molecular weight excluding hydrogens is 246 g/mol. The molecule has 0 aromatic heterocycles. The molecule has 0 heterocycles. The van der Waals surface area contributed by atoms with E-state index < -0.39 is 17.9 Å². The lowest BCUT2D eigenvalue weighted by atomic mass is 10.1. The van der Waals surface area contributed by atoms with Crippen molar-refractivity contribution < 1.29 is 19.4 Å². The molecule has 1 aromatic rings. The smallest absolute Gasteiger partial charge is 0.326 e. The third kappa shape index (κ3) is 4.91. The summed E-state index contributed by atoms with van der Waals surface area (Å²) in [5.74, 6) is -3.44. The van der Waals surface area contributed by atoms with Gasteiger partial charge in [-0.3, -0.25) is 14.6 Å². The minimum atomic E-state index is -1.38. The largest absolute Gasteiger partial charge is 0.480 e. The van der Waals surface area contributed by atoms with Gasteiger partial charge < -0.3 is 9.84 Å². The van der Waals surface area contributed by atoms with Gasteiger partial charge >= 0.3 is 11.9 Å². The highest BCUT2D eigenvalue weighted by Gasteiger charge is 2.27. The Bertz CT molecular complexity index is 456. The van der Waals surface area contributed by atoms with Gasteiger partial charge in [0.2, 0.25) is 0 Å². The van der Waals surface area contributed by atoms with Crippen LogP contribution in [0.4, 0.5) is 5.69 Å². The number of hydrogen-bond donors (Lipinski definition) is 1. The molecule has 0 radical (unpaired) electrons. The van der Waals surface area contributed by atoms with E-state index in [2.05, 4.69) is 4.99 Å². The number of carbonyl (C=O) groups excluding carboxylic acids is 1. The number of carbonyl (C=O) groups is 2. The van der Waals surface area contributed by atoms with E-state index in [0.29, 0.717) is 12.1 Å². The standard InChI is InChI=1S/C14H17NO4/c1-3-10(2)19-14(18)12(13(16)17)9-15-11-7-5-4-6-8-11/h4-10,12H,3H2,1-2H3,(H,16,17). The first-order valence-corrected chi connectivity index (χ1v) is 6.07. The predicted octanol–water partition coefficient (Wildman–Crippen LogP) is 2.43. The molecule has 0 fully saturated rings. The number of rotatable bonds is 6. The van der Waals surface area contributed by atoms with Crippen LogP contribution in [0.5, 0.6) is 0 Å². The molecule has 0 saturated heterocycles. The van der Waals surface area contributed by atoms with Gasteiger partial charge in [0.25, 0.3) is 0 Å². The van der Waals surface area contributed by atoms with E-state index in [1.165, 1.54) is 0 Å². The number of ether oxygens (including phenoxy) is 1. The van der Waals surface area contributed by atoms with E-state index in [9.17, 15) is 9.59 Å². The maximum atomic E-state index is 11.7. The summed E-state index contributed by atoms with van der Waals surface area (Å²) in [5.41, 5.74) is 0.588. The van der Waals surface area contributed by atoms with Crippen LogP contribution in [-0.2, 0) is 14.3 Å². The molecule has 2 unspecified atom stereocenters. The Hall–Kier alpha value is -2.17. The second-order valence-corrected chi connectivity index (χ2v) is 4.09. The third-order valence-corrected chi connectivity index (χ3v) is 2.54. The summed E-state index contributed by atoms with van der Waals surface area (Å²) in [4.78, 5) is 26.7. The van der Waals surface area contributed by atoms with Crippen LogP contribution >= 0.6 is 0 Å². The van der Waals surface area contributed by atoms with Crippen molar-refractivity contribution in [2.45, 2.75) is 26.4 Å². The molecule has 0 aliphatic heterocycles. The van der Waals surface area contributed by atoms with Crippen LogP contribution in [0.25, 0.3) is 0 Å². The van der Waals surface area contributed by atoms with Gasteiger partial charge in [0.15, 0.2) is 5.92 Å². The van der Waals surface area contributed by atoms with Crippen LogP contribution in [0.15, 0.2) is 35.3 Å². The van der Waals surface area contributed by atoms with Gasteiger partial charge in [-0.25, -0.2) is 0 Å². The fraction of sp³-hybridized carbons (Fsp3) is 0.357. The van der Waals surface area contributed by atoms with Crippen molar-refractivity contribution in [1.29, 1.82) is 0 Å². The van der Waals surface area contributed by atoms with Crippen molar-refractivity contribution in [1.82, 2.24) is 0 Å². The molecule has 1 N–H and O–H groups in total. The van der Waals surface area contributed by atoms with Crippen LogP contribution in [0, 0.1) is 5.92 Å². The zero-order chi connectivity index (χ0) is 14.3. The Labute approximate surface area is 111 Å². The van der Waals surface area contributed by atoms with Crippen molar-refractivity contribution >= 4 is 23.8 Å². The number of carboxylic acids is 1. The molecular formula is C14H17NO4. The van der Waals surface area contributed by atoms with E-state index in [1.807, 2.05) is 13.0 Å². The first-order chi connectivity index (χ1) is 9.04. The van der Waals surface area contributed by atoms with Gasteiger partial charge in [0.1, 0.15) is 0 Å². The first kappa shape index (κ1) is 14.9. The van der Waals surface area contributed by atoms with E-state index in [0.717, 1.165) is 6.21 Å². The Morgan fingerprint density at radius 1 is 1.37 bits per heavy atom. The molecule has 0 aliphatic rings. The van der Waals surface area contributed by atoms with Crippen molar-refractivity contribution in [3.05, 3.63) is 30.3 Å². The molecule has 2 atom stereocenters. The summed E-state index contributed by atoms with van der Waals surface area (Å²) >= 11 is 0. The molecule has 102 valence electrons. The van der Waals surface area contributed by atoms with Gasteiger partial charge in [0, 0.05) is 6.21 Å². The number of aliphatic imine (C=N–C) groups is 1. The SMILES string of the molecule is CCC(C)OC(=O)C(C=Nc1ccccc1)C(=O)O. The summed E-state index contributed by atoms with van der Waals surface area (Å²) in [6.07, 6.45) is 1.43. The Morgan fingerprint density at radius 2 is 2.00 bits per heavy atom. The minimum Gasteiger partial charge on any atom is -0.480 e. The van der Waals surface area contributed by atoms with Crippen LogP contribution in [0.2, 0.25) is 0 Å². The molecule has 0 saturated carbocycles. The van der Waals surface area contributed by atoms with Crippen molar-refractivity contribution in [3.63, 3.8) is 0 Å². The number of para-hydroxylation sites is 1. The molecule has 0 bridgehead atoms. The van der Waals surface area contributed by atoms with E-state index in [1.54, 1.807) is 31.2 Å². The van der Waals surface area contributed by atoms with Crippen molar-refractivity contribution in [2.75, 3.05) is 0 Å². The second kappa shape index (κ2) is 7.31. The minimum absolute atomic E-state index is 0.306. The lowest BCUT2D eigenvalue weighted by Gasteiger charge is -2.13. The maximum Gasteiger partial charge on any atom is 0.326 e. The zero-order valence-electron chi connectivity index (χ0n) is 10.9.